The van der Waals surface area contributed by atoms with Crippen LogP contribution in [0.15, 0.2) is 48.7 Å². The molecule has 0 radical (unpaired) electrons. The van der Waals surface area contributed by atoms with E-state index in [0.717, 1.165) is 35.4 Å². The number of benzene rings is 1. The molecule has 10 heteroatoms. The van der Waals surface area contributed by atoms with E-state index in [0.29, 0.717) is 16.5 Å². The predicted molar refractivity (Wildman–Crippen MR) is 139 cm³/mol. The number of thiocarbonyl (C=S) groups is 1. The van der Waals surface area contributed by atoms with Crippen LogP contribution in [-0.2, 0) is 16.6 Å². The van der Waals surface area contributed by atoms with Crippen LogP contribution >= 0.6 is 12.2 Å². The van der Waals surface area contributed by atoms with Crippen LogP contribution in [0.3, 0.4) is 0 Å². The van der Waals surface area contributed by atoms with Gasteiger partial charge >= 0.3 is 0 Å². The smallest absolute Gasteiger partial charge is 0.229 e. The van der Waals surface area contributed by atoms with Gasteiger partial charge < -0.3 is 19.5 Å². The van der Waals surface area contributed by atoms with Crippen molar-refractivity contribution in [3.63, 3.8) is 0 Å². The predicted octanol–water partition coefficient (Wildman–Crippen LogP) is 4.08. The molecule has 0 spiro atoms. The average molecular weight is 500 g/mol. The van der Waals surface area contributed by atoms with Crippen molar-refractivity contribution in [1.29, 1.82) is 0 Å². The zero-order valence-corrected chi connectivity index (χ0v) is 21.5. The second kappa shape index (κ2) is 9.27. The van der Waals surface area contributed by atoms with E-state index in [1.807, 2.05) is 29.2 Å². The second-order valence-electron chi connectivity index (χ2n) is 8.33. The van der Waals surface area contributed by atoms with Gasteiger partial charge in [0.2, 0.25) is 10.0 Å². The first kappa shape index (κ1) is 24.0. The van der Waals surface area contributed by atoms with Crippen molar-refractivity contribution in [3.05, 3.63) is 71.3 Å². The van der Waals surface area contributed by atoms with Crippen LogP contribution in [0.1, 0.15) is 41.7 Å². The van der Waals surface area contributed by atoms with Crippen molar-refractivity contribution >= 4 is 38.7 Å². The van der Waals surface area contributed by atoms with Gasteiger partial charge in [-0.15, -0.1) is 0 Å². The molecule has 1 saturated heterocycles. The molecule has 34 heavy (non-hydrogen) atoms. The van der Waals surface area contributed by atoms with Gasteiger partial charge in [0.05, 0.1) is 36.8 Å². The SMILES string of the molecule is CCn1c(C)cc([C@H]2[C@H](c3ccccn3)NC(=S)N2c2ccc(OC)c(NS(C)(=O)=O)c2)c1C. The number of hydrogen-bond donors (Lipinski definition) is 2. The standard InChI is InChI=1S/C24H29N5O3S2/c1-6-28-15(2)13-18(16(28)3)23-22(19-9-7-8-12-25-19)26-24(33)29(23)17-10-11-21(32-4)20(14-17)27-34(5,30)31/h7-14,22-23,27H,6H2,1-5H3,(H,26,33)/t22-,23-/m0/s1. The Labute approximate surface area is 206 Å². The van der Waals surface area contributed by atoms with Crippen molar-refractivity contribution in [2.45, 2.75) is 39.4 Å². The molecular weight excluding hydrogens is 470 g/mol. The van der Waals surface area contributed by atoms with Crippen molar-refractivity contribution in [3.8, 4) is 5.75 Å². The summed E-state index contributed by atoms with van der Waals surface area (Å²) in [5.41, 5.74) is 5.43. The summed E-state index contributed by atoms with van der Waals surface area (Å²) in [5.74, 6) is 0.425. The Morgan fingerprint density at radius 2 is 1.97 bits per heavy atom. The van der Waals surface area contributed by atoms with Crippen molar-refractivity contribution < 1.29 is 13.2 Å². The van der Waals surface area contributed by atoms with Gasteiger partial charge in [-0.3, -0.25) is 9.71 Å². The zero-order valence-electron chi connectivity index (χ0n) is 19.9. The first-order valence-electron chi connectivity index (χ1n) is 11.0. The van der Waals surface area contributed by atoms with Gasteiger partial charge in [-0.1, -0.05) is 6.07 Å². The number of sulfonamides is 1. The van der Waals surface area contributed by atoms with E-state index in [1.165, 1.54) is 12.8 Å². The highest BCUT2D eigenvalue weighted by atomic mass is 32.2. The van der Waals surface area contributed by atoms with Crippen LogP contribution in [-0.4, -0.2) is 36.4 Å². The molecule has 0 bridgehead atoms. The van der Waals surface area contributed by atoms with Gasteiger partial charge in [0, 0.05) is 29.8 Å². The van der Waals surface area contributed by atoms with Crippen LogP contribution in [0, 0.1) is 13.8 Å². The number of nitrogens with one attached hydrogen (secondary N) is 2. The number of ether oxygens (including phenoxy) is 1. The number of aromatic nitrogens is 2. The molecule has 0 saturated carbocycles. The number of pyridine rings is 1. The largest absolute Gasteiger partial charge is 0.495 e. The molecule has 1 aliphatic heterocycles. The van der Waals surface area contributed by atoms with E-state index in [9.17, 15) is 8.42 Å². The van der Waals surface area contributed by atoms with Crippen LogP contribution in [0.25, 0.3) is 0 Å². The fraction of sp³-hybridized carbons (Fsp3) is 0.333. The van der Waals surface area contributed by atoms with E-state index >= 15 is 0 Å². The summed E-state index contributed by atoms with van der Waals surface area (Å²) in [6.07, 6.45) is 2.89. The molecule has 2 atom stereocenters. The minimum atomic E-state index is -3.51. The molecule has 3 heterocycles. The Morgan fingerprint density at radius 1 is 1.21 bits per heavy atom. The maximum atomic E-state index is 12.0. The molecule has 1 aliphatic rings. The third kappa shape index (κ3) is 4.47. The van der Waals surface area contributed by atoms with Crippen LogP contribution in [0.2, 0.25) is 0 Å². The third-order valence-electron chi connectivity index (χ3n) is 6.10. The van der Waals surface area contributed by atoms with Gasteiger partial charge in [0.25, 0.3) is 0 Å². The van der Waals surface area contributed by atoms with Gasteiger partial charge in [0.1, 0.15) is 5.75 Å². The Bertz CT molecular complexity index is 1320. The average Bonchev–Trinajstić information content (AvgIpc) is 3.28. The summed E-state index contributed by atoms with van der Waals surface area (Å²) in [7, 11) is -2.00. The molecule has 4 rings (SSSR count). The lowest BCUT2D eigenvalue weighted by Gasteiger charge is -2.29. The van der Waals surface area contributed by atoms with E-state index < -0.39 is 10.0 Å². The lowest BCUT2D eigenvalue weighted by molar-refractivity contribution is 0.417. The number of nitrogens with zero attached hydrogens (tertiary/aromatic N) is 3. The fourth-order valence-corrected chi connectivity index (χ4v) is 5.59. The van der Waals surface area contributed by atoms with Gasteiger partial charge in [-0.25, -0.2) is 8.42 Å². The highest BCUT2D eigenvalue weighted by molar-refractivity contribution is 7.92. The van der Waals surface area contributed by atoms with E-state index in [4.69, 9.17) is 17.0 Å². The topological polar surface area (TPSA) is 88.5 Å². The maximum Gasteiger partial charge on any atom is 0.229 e. The van der Waals surface area contributed by atoms with Crippen molar-refractivity contribution in [1.82, 2.24) is 14.9 Å². The summed E-state index contributed by atoms with van der Waals surface area (Å²) in [6, 6.07) is 13.0. The summed E-state index contributed by atoms with van der Waals surface area (Å²) in [6.45, 7) is 7.21. The Kier molecular flexibility index (Phi) is 6.55. The number of aryl methyl sites for hydroxylation is 1. The highest BCUT2D eigenvalue weighted by Crippen LogP contribution is 2.44. The minimum Gasteiger partial charge on any atom is -0.495 e. The van der Waals surface area contributed by atoms with E-state index in [-0.39, 0.29) is 12.1 Å². The summed E-state index contributed by atoms with van der Waals surface area (Å²) in [4.78, 5) is 6.64. The molecule has 0 unspecified atom stereocenters. The normalized spacial score (nSPS) is 18.1. The number of anilines is 2. The number of methoxy groups -OCH3 is 1. The van der Waals surface area contributed by atoms with Gasteiger partial charge in [-0.2, -0.15) is 0 Å². The molecule has 2 aromatic heterocycles. The molecule has 0 aliphatic carbocycles. The van der Waals surface area contributed by atoms with Crippen LogP contribution in [0.5, 0.6) is 5.75 Å². The van der Waals surface area contributed by atoms with Gasteiger partial charge in [-0.05, 0) is 75.0 Å². The Balaban J connectivity index is 1.89. The summed E-state index contributed by atoms with van der Waals surface area (Å²) >= 11 is 5.81. The lowest BCUT2D eigenvalue weighted by atomic mass is 9.96. The Morgan fingerprint density at radius 3 is 2.56 bits per heavy atom. The lowest BCUT2D eigenvalue weighted by Crippen LogP contribution is -2.29. The first-order valence-corrected chi connectivity index (χ1v) is 13.3. The van der Waals surface area contributed by atoms with Crippen molar-refractivity contribution in [2.75, 3.05) is 23.0 Å². The molecule has 1 aromatic carbocycles. The van der Waals surface area contributed by atoms with E-state index in [1.54, 1.807) is 18.3 Å². The summed E-state index contributed by atoms with van der Waals surface area (Å²) < 4.78 is 34.2. The summed E-state index contributed by atoms with van der Waals surface area (Å²) in [5, 5.41) is 3.99. The van der Waals surface area contributed by atoms with E-state index in [2.05, 4.69) is 46.4 Å². The molecule has 8 nitrogen and oxygen atoms in total. The molecular formula is C24H29N5O3S2. The Hall–Kier alpha value is -3.11. The number of rotatable bonds is 7. The second-order valence-corrected chi connectivity index (χ2v) is 10.5. The molecule has 180 valence electrons. The van der Waals surface area contributed by atoms with Crippen LogP contribution < -0.4 is 19.7 Å². The minimum absolute atomic E-state index is 0.187. The van der Waals surface area contributed by atoms with Crippen molar-refractivity contribution in [2.24, 2.45) is 0 Å². The van der Waals surface area contributed by atoms with Gasteiger partial charge in [0.15, 0.2) is 5.11 Å². The van der Waals surface area contributed by atoms with Crippen LogP contribution in [0.4, 0.5) is 11.4 Å². The highest BCUT2D eigenvalue weighted by Gasteiger charge is 2.42. The monoisotopic (exact) mass is 499 g/mol. The maximum absolute atomic E-state index is 12.0. The first-order chi connectivity index (χ1) is 16.1. The number of hydrogen-bond acceptors (Lipinski definition) is 5. The quantitative estimate of drug-likeness (QED) is 0.474. The molecule has 0 amide bonds. The fourth-order valence-electron chi connectivity index (χ4n) is 4.69. The molecule has 2 N–H and O–H groups in total. The molecule has 3 aromatic rings. The molecule has 1 fully saturated rings. The third-order valence-corrected chi connectivity index (χ3v) is 7.01. The zero-order chi connectivity index (χ0) is 24.6.